The topological polar surface area (TPSA) is 33.6 Å². The lowest BCUT2D eigenvalue weighted by Gasteiger charge is -2.11. The second kappa shape index (κ2) is 4.09. The molecule has 17 heavy (non-hydrogen) atoms. The molecule has 5 heteroatoms. The van der Waals surface area contributed by atoms with E-state index in [1.54, 1.807) is 17.5 Å². The van der Waals surface area contributed by atoms with Gasteiger partial charge < -0.3 is 4.98 Å². The maximum absolute atomic E-state index is 5.38. The number of thiophene rings is 1. The molecule has 3 heterocycles. The van der Waals surface area contributed by atoms with Gasteiger partial charge in [0.25, 0.3) is 0 Å². The minimum Gasteiger partial charge on any atom is -0.329 e. The molecule has 0 amide bonds. The molecular weight excluding hydrogens is 250 g/mol. The van der Waals surface area contributed by atoms with Crippen molar-refractivity contribution in [2.24, 2.45) is 0 Å². The molecule has 0 radical (unpaired) electrons. The quantitative estimate of drug-likeness (QED) is 0.712. The van der Waals surface area contributed by atoms with E-state index < -0.39 is 0 Å². The Morgan fingerprint density at radius 1 is 1.41 bits per heavy atom. The first-order chi connectivity index (χ1) is 8.27. The van der Waals surface area contributed by atoms with Crippen molar-refractivity contribution in [3.63, 3.8) is 0 Å². The molecule has 0 aromatic carbocycles. The molecule has 0 saturated heterocycles. The molecule has 0 aliphatic heterocycles. The summed E-state index contributed by atoms with van der Waals surface area (Å²) in [4.78, 5) is 8.88. The van der Waals surface area contributed by atoms with Crippen LogP contribution in [-0.2, 0) is 0 Å². The Kier molecular flexibility index (Phi) is 2.57. The summed E-state index contributed by atoms with van der Waals surface area (Å²) in [7, 11) is 0. The second-order valence-corrected chi connectivity index (χ2v) is 5.23. The predicted molar refractivity (Wildman–Crippen MR) is 73.0 cm³/mol. The van der Waals surface area contributed by atoms with Crippen LogP contribution >= 0.6 is 23.6 Å². The van der Waals surface area contributed by atoms with E-state index in [9.17, 15) is 0 Å². The van der Waals surface area contributed by atoms with Crippen molar-refractivity contribution in [1.82, 2.24) is 14.5 Å². The number of pyridine rings is 1. The van der Waals surface area contributed by atoms with Crippen LogP contribution in [0.4, 0.5) is 0 Å². The summed E-state index contributed by atoms with van der Waals surface area (Å²) in [6.07, 6.45) is 1.79. The number of nitrogens with one attached hydrogen (secondary N) is 1. The van der Waals surface area contributed by atoms with Crippen molar-refractivity contribution < 1.29 is 0 Å². The van der Waals surface area contributed by atoms with Crippen LogP contribution in [0.15, 0.2) is 35.8 Å². The fourth-order valence-electron chi connectivity index (χ4n) is 1.97. The van der Waals surface area contributed by atoms with E-state index >= 15 is 0 Å². The molecule has 0 aliphatic rings. The fourth-order valence-corrected chi connectivity index (χ4v) is 3.10. The van der Waals surface area contributed by atoms with Crippen molar-refractivity contribution in [2.45, 2.75) is 13.0 Å². The average Bonchev–Trinajstić information content (AvgIpc) is 2.94. The normalized spacial score (nSPS) is 13.0. The Bertz CT molecular complexity index is 694. The van der Waals surface area contributed by atoms with Crippen molar-refractivity contribution >= 4 is 34.7 Å². The van der Waals surface area contributed by atoms with Gasteiger partial charge in [-0.15, -0.1) is 11.3 Å². The van der Waals surface area contributed by atoms with Gasteiger partial charge in [-0.2, -0.15) is 0 Å². The Labute approximate surface area is 108 Å². The Morgan fingerprint density at radius 2 is 2.29 bits per heavy atom. The molecular formula is C12H11N3S2. The first-order valence-corrected chi connectivity index (χ1v) is 6.65. The standard InChI is InChI=1S/C12H11N3S2/c1-8(10-5-3-7-17-10)15-11-9(14-12(15)16)4-2-6-13-11/h2-8H,1H3,(H,14,16). The third-order valence-electron chi connectivity index (χ3n) is 2.82. The Morgan fingerprint density at radius 3 is 3.06 bits per heavy atom. The molecule has 3 nitrogen and oxygen atoms in total. The number of H-pyrrole nitrogens is 1. The van der Waals surface area contributed by atoms with Crippen LogP contribution in [0.2, 0.25) is 0 Å². The number of aromatic nitrogens is 3. The first-order valence-electron chi connectivity index (χ1n) is 5.36. The minimum atomic E-state index is 0.214. The zero-order chi connectivity index (χ0) is 11.8. The molecule has 1 atom stereocenters. The number of aromatic amines is 1. The van der Waals surface area contributed by atoms with Crippen LogP contribution < -0.4 is 0 Å². The van der Waals surface area contributed by atoms with Crippen LogP contribution in [-0.4, -0.2) is 14.5 Å². The molecule has 3 aromatic rings. The number of fused-ring (bicyclic) bond motifs is 1. The van der Waals surface area contributed by atoms with Gasteiger partial charge in [0.15, 0.2) is 10.4 Å². The summed E-state index contributed by atoms with van der Waals surface area (Å²) in [5, 5.41) is 2.08. The lowest BCUT2D eigenvalue weighted by Crippen LogP contribution is -2.05. The van der Waals surface area contributed by atoms with E-state index in [0.717, 1.165) is 15.9 Å². The van der Waals surface area contributed by atoms with E-state index in [0.29, 0.717) is 0 Å². The van der Waals surface area contributed by atoms with Gasteiger partial charge in [-0.1, -0.05) is 6.07 Å². The average molecular weight is 261 g/mol. The van der Waals surface area contributed by atoms with Crippen molar-refractivity contribution in [3.05, 3.63) is 45.5 Å². The van der Waals surface area contributed by atoms with Crippen LogP contribution in [0.1, 0.15) is 17.8 Å². The van der Waals surface area contributed by atoms with Gasteiger partial charge in [-0.25, -0.2) is 4.98 Å². The molecule has 0 fully saturated rings. The summed E-state index contributed by atoms with van der Waals surface area (Å²) in [6, 6.07) is 8.30. The lowest BCUT2D eigenvalue weighted by atomic mass is 10.3. The zero-order valence-electron chi connectivity index (χ0n) is 9.25. The Hall–Kier alpha value is -1.46. The molecule has 0 spiro atoms. The maximum atomic E-state index is 5.38. The number of nitrogens with zero attached hydrogens (tertiary/aromatic N) is 2. The molecule has 0 bridgehead atoms. The van der Waals surface area contributed by atoms with Crippen LogP contribution in [0.3, 0.4) is 0 Å². The van der Waals surface area contributed by atoms with Crippen molar-refractivity contribution in [1.29, 1.82) is 0 Å². The fraction of sp³-hybridized carbons (Fsp3) is 0.167. The third-order valence-corrected chi connectivity index (χ3v) is 4.16. The molecule has 3 rings (SSSR count). The van der Waals surface area contributed by atoms with Crippen LogP contribution in [0, 0.1) is 4.77 Å². The van der Waals surface area contributed by atoms with E-state index in [2.05, 4.69) is 39.0 Å². The van der Waals surface area contributed by atoms with Gasteiger partial charge in [0.05, 0.1) is 11.6 Å². The van der Waals surface area contributed by atoms with Crippen molar-refractivity contribution in [3.8, 4) is 0 Å². The second-order valence-electron chi connectivity index (χ2n) is 3.87. The molecule has 86 valence electrons. The third kappa shape index (κ3) is 1.71. The van der Waals surface area contributed by atoms with Crippen LogP contribution in [0.5, 0.6) is 0 Å². The van der Waals surface area contributed by atoms with Gasteiger partial charge >= 0.3 is 0 Å². The van der Waals surface area contributed by atoms with E-state index in [1.807, 2.05) is 12.1 Å². The number of rotatable bonds is 2. The van der Waals surface area contributed by atoms with Gasteiger partial charge in [0.2, 0.25) is 0 Å². The van der Waals surface area contributed by atoms with E-state index in [1.165, 1.54) is 4.88 Å². The van der Waals surface area contributed by atoms with E-state index in [-0.39, 0.29) is 6.04 Å². The minimum absolute atomic E-state index is 0.214. The molecule has 3 aromatic heterocycles. The predicted octanol–water partition coefficient (Wildman–Crippen LogP) is 3.76. The van der Waals surface area contributed by atoms with Gasteiger partial charge in [-0.3, -0.25) is 4.57 Å². The monoisotopic (exact) mass is 261 g/mol. The summed E-state index contributed by atoms with van der Waals surface area (Å²) in [5.74, 6) is 0. The van der Waals surface area contributed by atoms with Gasteiger partial charge in [0.1, 0.15) is 0 Å². The zero-order valence-corrected chi connectivity index (χ0v) is 10.9. The molecule has 0 saturated carbocycles. The highest BCUT2D eigenvalue weighted by atomic mass is 32.1. The highest BCUT2D eigenvalue weighted by molar-refractivity contribution is 7.71. The van der Waals surface area contributed by atoms with E-state index in [4.69, 9.17) is 12.2 Å². The van der Waals surface area contributed by atoms with Crippen molar-refractivity contribution in [2.75, 3.05) is 0 Å². The summed E-state index contributed by atoms with van der Waals surface area (Å²) in [5.41, 5.74) is 1.90. The molecule has 1 N–H and O–H groups in total. The largest absolute Gasteiger partial charge is 0.329 e. The van der Waals surface area contributed by atoms with Gasteiger partial charge in [0, 0.05) is 11.1 Å². The maximum Gasteiger partial charge on any atom is 0.179 e. The number of imidazole rings is 1. The molecule has 0 aliphatic carbocycles. The summed E-state index contributed by atoms with van der Waals surface area (Å²) >= 11 is 7.11. The number of hydrogen-bond acceptors (Lipinski definition) is 3. The summed E-state index contributed by atoms with van der Waals surface area (Å²) in [6.45, 7) is 2.14. The van der Waals surface area contributed by atoms with Gasteiger partial charge in [-0.05, 0) is 42.7 Å². The highest BCUT2D eigenvalue weighted by Crippen LogP contribution is 2.26. The van der Waals surface area contributed by atoms with Crippen LogP contribution in [0.25, 0.3) is 11.2 Å². The Balaban J connectivity index is 2.23. The smallest absolute Gasteiger partial charge is 0.179 e. The highest BCUT2D eigenvalue weighted by Gasteiger charge is 2.14. The first kappa shape index (κ1) is 10.7. The number of hydrogen-bond donors (Lipinski definition) is 1. The SMILES string of the molecule is CC(c1cccs1)n1c(=S)[nH]c2cccnc21. The molecule has 1 unspecified atom stereocenters. The summed E-state index contributed by atoms with van der Waals surface area (Å²) < 4.78 is 2.79. The lowest BCUT2D eigenvalue weighted by molar-refractivity contribution is 0.655.